The molecule has 0 bridgehead atoms. The Labute approximate surface area is 151 Å². The third-order valence-corrected chi connectivity index (χ3v) is 4.45. The molecule has 4 nitrogen and oxygen atoms in total. The number of rotatable bonds is 5. The molecule has 0 saturated carbocycles. The maximum Gasteiger partial charge on any atom is 0.254 e. The predicted molar refractivity (Wildman–Crippen MR) is 93.1 cm³/mol. The number of hydrogen-bond donors (Lipinski definition) is 0. The summed E-state index contributed by atoms with van der Waals surface area (Å²) in [6, 6.07) is 10.8. The summed E-state index contributed by atoms with van der Waals surface area (Å²) in [5.41, 5.74) is 1.14. The lowest BCUT2D eigenvalue weighted by Crippen LogP contribution is -2.43. The van der Waals surface area contributed by atoms with E-state index in [1.165, 1.54) is 6.07 Å². The van der Waals surface area contributed by atoms with Gasteiger partial charge < -0.3 is 14.4 Å². The molecule has 0 aliphatic carbocycles. The summed E-state index contributed by atoms with van der Waals surface area (Å²) in [5.74, 6) is -1.19. The molecular formula is C20H21F2NO3. The van der Waals surface area contributed by atoms with Crippen LogP contribution in [0.1, 0.15) is 28.8 Å². The second-order valence-electron chi connectivity index (χ2n) is 6.31. The normalized spacial score (nSPS) is 17.2. The number of hydrogen-bond acceptors (Lipinski definition) is 3. The van der Waals surface area contributed by atoms with Crippen LogP contribution in [0.5, 0.6) is 5.75 Å². The number of amides is 1. The van der Waals surface area contributed by atoms with E-state index in [-0.39, 0.29) is 18.6 Å². The minimum Gasteiger partial charge on any atom is -0.497 e. The molecule has 26 heavy (non-hydrogen) atoms. The number of halogens is 2. The third kappa shape index (κ3) is 4.38. The van der Waals surface area contributed by atoms with Gasteiger partial charge in [-0.25, -0.2) is 8.78 Å². The highest BCUT2D eigenvalue weighted by Crippen LogP contribution is 2.20. The van der Waals surface area contributed by atoms with Crippen LogP contribution in [0.15, 0.2) is 42.5 Å². The van der Waals surface area contributed by atoms with E-state index in [1.807, 2.05) is 0 Å². The van der Waals surface area contributed by atoms with E-state index in [0.717, 1.165) is 25.0 Å². The first-order chi connectivity index (χ1) is 12.6. The molecule has 3 rings (SSSR count). The summed E-state index contributed by atoms with van der Waals surface area (Å²) in [7, 11) is 1.56. The molecule has 6 heteroatoms. The fourth-order valence-electron chi connectivity index (χ4n) is 3.04. The van der Waals surface area contributed by atoms with Crippen molar-refractivity contribution in [3.63, 3.8) is 0 Å². The maximum absolute atomic E-state index is 13.3. The van der Waals surface area contributed by atoms with Crippen LogP contribution in [0, 0.1) is 11.6 Å². The summed E-state index contributed by atoms with van der Waals surface area (Å²) in [5, 5.41) is 0. The Bertz CT molecular complexity index is 781. The Hall–Kier alpha value is -2.47. The first-order valence-corrected chi connectivity index (χ1v) is 8.55. The van der Waals surface area contributed by atoms with Crippen molar-refractivity contribution in [1.29, 1.82) is 0 Å². The van der Waals surface area contributed by atoms with Crippen LogP contribution in [0.4, 0.5) is 8.78 Å². The zero-order chi connectivity index (χ0) is 18.5. The molecule has 0 spiro atoms. The monoisotopic (exact) mass is 361 g/mol. The predicted octanol–water partition coefficient (Wildman–Crippen LogP) is 3.79. The lowest BCUT2D eigenvalue weighted by Gasteiger charge is -2.32. The number of piperidine rings is 1. The van der Waals surface area contributed by atoms with Gasteiger partial charge in [0.15, 0.2) is 11.6 Å². The molecule has 1 heterocycles. The van der Waals surface area contributed by atoms with Crippen LogP contribution in [0.25, 0.3) is 0 Å². The van der Waals surface area contributed by atoms with Gasteiger partial charge in [-0.3, -0.25) is 4.79 Å². The zero-order valence-corrected chi connectivity index (χ0v) is 14.6. The third-order valence-electron chi connectivity index (χ3n) is 4.45. The Kier molecular flexibility index (Phi) is 5.83. The summed E-state index contributed by atoms with van der Waals surface area (Å²) < 4.78 is 37.2. The van der Waals surface area contributed by atoms with E-state index in [9.17, 15) is 13.6 Å². The van der Waals surface area contributed by atoms with Crippen LogP contribution in [0.3, 0.4) is 0 Å². The smallest absolute Gasteiger partial charge is 0.254 e. The summed E-state index contributed by atoms with van der Waals surface area (Å²) >= 11 is 0. The highest BCUT2D eigenvalue weighted by atomic mass is 19.2. The number of ether oxygens (including phenoxy) is 2. The van der Waals surface area contributed by atoms with Gasteiger partial charge in [0.1, 0.15) is 5.75 Å². The lowest BCUT2D eigenvalue weighted by atomic mass is 10.1. The molecule has 1 fully saturated rings. The fourth-order valence-corrected chi connectivity index (χ4v) is 3.04. The minimum absolute atomic E-state index is 0.0648. The quantitative estimate of drug-likeness (QED) is 0.813. The molecule has 1 amide bonds. The van der Waals surface area contributed by atoms with Crippen LogP contribution < -0.4 is 4.74 Å². The number of carbonyl (C=O) groups is 1. The van der Waals surface area contributed by atoms with Gasteiger partial charge in [-0.15, -0.1) is 0 Å². The first kappa shape index (κ1) is 18.3. The largest absolute Gasteiger partial charge is 0.497 e. The first-order valence-electron chi connectivity index (χ1n) is 8.55. The maximum atomic E-state index is 13.3. The molecule has 1 atom stereocenters. The number of carbonyl (C=O) groups excluding carboxylic acids is 1. The molecule has 0 radical (unpaired) electrons. The number of methoxy groups -OCH3 is 1. The minimum atomic E-state index is -0.885. The SMILES string of the molecule is COc1cccc(C(=O)N2CCCC(OCc3ccc(F)c(F)c3)C2)c1. The van der Waals surface area contributed by atoms with Crippen LogP contribution in [0.2, 0.25) is 0 Å². The van der Waals surface area contributed by atoms with E-state index in [2.05, 4.69) is 0 Å². The lowest BCUT2D eigenvalue weighted by molar-refractivity contribution is -0.00682. The van der Waals surface area contributed by atoms with Gasteiger partial charge in [0.2, 0.25) is 0 Å². The highest BCUT2D eigenvalue weighted by Gasteiger charge is 2.25. The molecule has 1 saturated heterocycles. The van der Waals surface area contributed by atoms with Crippen LogP contribution >= 0.6 is 0 Å². The van der Waals surface area contributed by atoms with Crippen molar-refractivity contribution in [2.75, 3.05) is 20.2 Å². The Morgan fingerprint density at radius 1 is 1.19 bits per heavy atom. The van der Waals surface area contributed by atoms with Gasteiger partial charge in [0.05, 0.1) is 19.8 Å². The van der Waals surface area contributed by atoms with E-state index in [4.69, 9.17) is 9.47 Å². The van der Waals surface area contributed by atoms with Gasteiger partial charge in [0.25, 0.3) is 5.91 Å². The van der Waals surface area contributed by atoms with Crippen molar-refractivity contribution in [2.24, 2.45) is 0 Å². The number of likely N-dealkylation sites (tertiary alicyclic amines) is 1. The number of benzene rings is 2. The summed E-state index contributed by atoms with van der Waals surface area (Å²) in [6.07, 6.45) is 1.52. The summed E-state index contributed by atoms with van der Waals surface area (Å²) in [4.78, 5) is 14.5. The van der Waals surface area contributed by atoms with E-state index >= 15 is 0 Å². The van der Waals surface area contributed by atoms with Gasteiger partial charge in [-0.05, 0) is 48.7 Å². The Morgan fingerprint density at radius 3 is 2.81 bits per heavy atom. The Morgan fingerprint density at radius 2 is 2.04 bits per heavy atom. The fraction of sp³-hybridized carbons (Fsp3) is 0.350. The molecule has 1 aliphatic heterocycles. The second-order valence-corrected chi connectivity index (χ2v) is 6.31. The molecule has 138 valence electrons. The van der Waals surface area contributed by atoms with Crippen molar-refractivity contribution in [2.45, 2.75) is 25.6 Å². The van der Waals surface area contributed by atoms with Crippen molar-refractivity contribution >= 4 is 5.91 Å². The highest BCUT2D eigenvalue weighted by molar-refractivity contribution is 5.94. The zero-order valence-electron chi connectivity index (χ0n) is 14.6. The van der Waals surface area contributed by atoms with Gasteiger partial charge in [-0.1, -0.05) is 12.1 Å². The van der Waals surface area contributed by atoms with Crippen LogP contribution in [-0.2, 0) is 11.3 Å². The molecule has 0 N–H and O–H groups in total. The second kappa shape index (κ2) is 8.27. The molecule has 0 aromatic heterocycles. The molecular weight excluding hydrogens is 340 g/mol. The Balaban J connectivity index is 1.59. The molecule has 2 aromatic carbocycles. The molecule has 1 aliphatic rings. The summed E-state index contributed by atoms with van der Waals surface area (Å²) in [6.45, 7) is 1.32. The van der Waals surface area contributed by atoms with Crippen LogP contribution in [-0.4, -0.2) is 37.1 Å². The number of nitrogens with zero attached hydrogens (tertiary/aromatic N) is 1. The van der Waals surface area contributed by atoms with Crippen molar-refractivity contribution < 1.29 is 23.0 Å². The molecule has 2 aromatic rings. The van der Waals surface area contributed by atoms with Crippen molar-refractivity contribution in [3.05, 3.63) is 65.2 Å². The van der Waals surface area contributed by atoms with E-state index in [1.54, 1.807) is 36.3 Å². The standard InChI is InChI=1S/C20H21F2NO3/c1-25-16-5-2-4-15(11-16)20(24)23-9-3-6-17(12-23)26-13-14-7-8-18(21)19(22)10-14/h2,4-5,7-8,10-11,17H,3,6,9,12-13H2,1H3. The van der Waals surface area contributed by atoms with Gasteiger partial charge in [-0.2, -0.15) is 0 Å². The van der Waals surface area contributed by atoms with Gasteiger partial charge >= 0.3 is 0 Å². The van der Waals surface area contributed by atoms with E-state index in [0.29, 0.717) is 30.0 Å². The van der Waals surface area contributed by atoms with E-state index < -0.39 is 11.6 Å². The van der Waals surface area contributed by atoms with Gasteiger partial charge in [0, 0.05) is 18.7 Å². The van der Waals surface area contributed by atoms with Crippen molar-refractivity contribution in [1.82, 2.24) is 4.90 Å². The van der Waals surface area contributed by atoms with Crippen molar-refractivity contribution in [3.8, 4) is 5.75 Å². The average Bonchev–Trinajstić information content (AvgIpc) is 2.68. The molecule has 1 unspecified atom stereocenters. The average molecular weight is 361 g/mol. The topological polar surface area (TPSA) is 38.8 Å².